The molecule has 0 aliphatic carbocycles. The number of hydrogen-bond acceptors (Lipinski definition) is 4. The minimum absolute atomic E-state index is 0.00606. The number of nitrogens with zero attached hydrogens (tertiary/aromatic N) is 1. The van der Waals surface area contributed by atoms with Gasteiger partial charge in [0.15, 0.2) is 0 Å². The quantitative estimate of drug-likeness (QED) is 0.834. The van der Waals surface area contributed by atoms with Crippen molar-refractivity contribution >= 4 is 6.09 Å². The maximum Gasteiger partial charge on any atom is 0.410 e. The highest BCUT2D eigenvalue weighted by Crippen LogP contribution is 2.40. The summed E-state index contributed by atoms with van der Waals surface area (Å²) in [7, 11) is 0. The Labute approximate surface area is 165 Å². The first-order valence-corrected chi connectivity index (χ1v) is 9.82. The minimum atomic E-state index is -0.474. The minimum Gasteiger partial charge on any atom is -0.488 e. The van der Waals surface area contributed by atoms with Crippen LogP contribution in [0.1, 0.15) is 49.8 Å². The molecule has 1 amide bonds. The standard InChI is InChI=1S/C23H27NO4/c1-23(2,3)28-22(26)24-9-8-17(12-24)16-5-6-18-14-27-21-10-15(13-25)4-7-19(21)20(18)11-16/h4-7,10-11,17,25H,8-9,12-14H2,1-3H3. The van der Waals surface area contributed by atoms with Gasteiger partial charge < -0.3 is 19.5 Å². The zero-order valence-electron chi connectivity index (χ0n) is 16.7. The van der Waals surface area contributed by atoms with Gasteiger partial charge in [-0.1, -0.05) is 30.3 Å². The topological polar surface area (TPSA) is 59.0 Å². The number of benzene rings is 2. The van der Waals surface area contributed by atoms with Crippen LogP contribution < -0.4 is 4.74 Å². The first kappa shape index (κ1) is 18.8. The zero-order valence-corrected chi connectivity index (χ0v) is 16.7. The smallest absolute Gasteiger partial charge is 0.410 e. The predicted molar refractivity (Wildman–Crippen MR) is 107 cm³/mol. The average molecular weight is 381 g/mol. The zero-order chi connectivity index (χ0) is 19.9. The number of carbonyl (C=O) groups excluding carboxylic acids is 1. The van der Waals surface area contributed by atoms with E-state index in [1.807, 2.05) is 39.0 Å². The van der Waals surface area contributed by atoms with Crippen molar-refractivity contribution in [2.75, 3.05) is 13.1 Å². The van der Waals surface area contributed by atoms with Crippen LogP contribution in [0.4, 0.5) is 4.79 Å². The first-order valence-electron chi connectivity index (χ1n) is 9.82. The summed E-state index contributed by atoms with van der Waals surface area (Å²) in [5, 5.41) is 9.36. The summed E-state index contributed by atoms with van der Waals surface area (Å²) >= 11 is 0. The molecule has 0 spiro atoms. The molecule has 5 heteroatoms. The van der Waals surface area contributed by atoms with Gasteiger partial charge >= 0.3 is 6.09 Å². The molecule has 2 heterocycles. The van der Waals surface area contributed by atoms with Crippen molar-refractivity contribution < 1.29 is 19.4 Å². The molecule has 2 aliphatic rings. The molecule has 148 valence electrons. The summed E-state index contributed by atoms with van der Waals surface area (Å²) in [6, 6.07) is 12.4. The molecule has 2 aromatic rings. The van der Waals surface area contributed by atoms with Gasteiger partial charge in [0.2, 0.25) is 0 Å². The fraction of sp³-hybridized carbons (Fsp3) is 0.435. The van der Waals surface area contributed by atoms with Crippen LogP contribution in [0.15, 0.2) is 36.4 Å². The molecule has 1 fully saturated rings. The maximum absolute atomic E-state index is 12.4. The lowest BCUT2D eigenvalue weighted by atomic mass is 9.90. The van der Waals surface area contributed by atoms with E-state index >= 15 is 0 Å². The monoisotopic (exact) mass is 381 g/mol. The van der Waals surface area contributed by atoms with Crippen molar-refractivity contribution in [1.82, 2.24) is 4.90 Å². The molecule has 0 saturated carbocycles. The van der Waals surface area contributed by atoms with Crippen LogP contribution in [-0.4, -0.2) is 34.8 Å². The van der Waals surface area contributed by atoms with E-state index in [1.165, 1.54) is 11.1 Å². The Kier molecular flexibility index (Phi) is 4.79. The Balaban J connectivity index is 1.56. The number of fused-ring (bicyclic) bond motifs is 3. The van der Waals surface area contributed by atoms with Gasteiger partial charge in [-0.25, -0.2) is 4.79 Å². The Bertz CT molecular complexity index is 900. The van der Waals surface area contributed by atoms with Crippen LogP contribution in [0.5, 0.6) is 5.75 Å². The van der Waals surface area contributed by atoms with Crippen molar-refractivity contribution in [1.29, 1.82) is 0 Å². The summed E-state index contributed by atoms with van der Waals surface area (Å²) < 4.78 is 11.4. The molecule has 1 N–H and O–H groups in total. The SMILES string of the molecule is CC(C)(C)OC(=O)N1CCC(c2ccc3c(c2)-c2ccc(CO)cc2OC3)C1. The third-order valence-electron chi connectivity index (χ3n) is 5.35. The van der Waals surface area contributed by atoms with Crippen molar-refractivity contribution in [3.05, 3.63) is 53.1 Å². The van der Waals surface area contributed by atoms with Gasteiger partial charge in [0.1, 0.15) is 18.0 Å². The van der Waals surface area contributed by atoms with E-state index in [-0.39, 0.29) is 12.7 Å². The highest BCUT2D eigenvalue weighted by molar-refractivity contribution is 5.76. The number of ether oxygens (including phenoxy) is 2. The largest absolute Gasteiger partial charge is 0.488 e. The van der Waals surface area contributed by atoms with Gasteiger partial charge in [0.25, 0.3) is 0 Å². The van der Waals surface area contributed by atoms with E-state index in [4.69, 9.17) is 9.47 Å². The summed E-state index contributed by atoms with van der Waals surface area (Å²) in [5.74, 6) is 1.12. The maximum atomic E-state index is 12.4. The first-order chi connectivity index (χ1) is 13.3. The number of aliphatic hydroxyl groups is 1. The van der Waals surface area contributed by atoms with E-state index in [1.54, 1.807) is 4.90 Å². The fourth-order valence-corrected chi connectivity index (χ4v) is 3.91. The van der Waals surface area contributed by atoms with Gasteiger partial charge in [-0.3, -0.25) is 0 Å². The number of aliphatic hydroxyl groups excluding tert-OH is 1. The van der Waals surface area contributed by atoms with Crippen molar-refractivity contribution in [2.24, 2.45) is 0 Å². The molecule has 1 atom stereocenters. The summed E-state index contributed by atoms with van der Waals surface area (Å²) in [5.41, 5.74) is 5.01. The molecular weight excluding hydrogens is 354 g/mol. The normalized spacial score (nSPS) is 18.3. The number of likely N-dealkylation sites (tertiary alicyclic amines) is 1. The molecule has 28 heavy (non-hydrogen) atoms. The molecule has 1 saturated heterocycles. The Hall–Kier alpha value is -2.53. The lowest BCUT2D eigenvalue weighted by molar-refractivity contribution is 0.0292. The highest BCUT2D eigenvalue weighted by atomic mass is 16.6. The van der Waals surface area contributed by atoms with E-state index in [0.29, 0.717) is 19.1 Å². The van der Waals surface area contributed by atoms with Gasteiger partial charge in [-0.05, 0) is 55.5 Å². The van der Waals surface area contributed by atoms with E-state index in [2.05, 4.69) is 18.2 Å². The van der Waals surface area contributed by atoms with Crippen LogP contribution in [0.2, 0.25) is 0 Å². The third-order valence-corrected chi connectivity index (χ3v) is 5.35. The van der Waals surface area contributed by atoms with E-state index in [0.717, 1.165) is 35.4 Å². The van der Waals surface area contributed by atoms with Crippen LogP contribution in [0, 0.1) is 0 Å². The molecule has 0 bridgehead atoms. The van der Waals surface area contributed by atoms with Crippen molar-refractivity contribution in [3.8, 4) is 16.9 Å². The number of hydrogen-bond donors (Lipinski definition) is 1. The van der Waals surface area contributed by atoms with E-state index in [9.17, 15) is 9.90 Å². The van der Waals surface area contributed by atoms with Gasteiger partial charge in [-0.2, -0.15) is 0 Å². The van der Waals surface area contributed by atoms with Crippen LogP contribution in [0.3, 0.4) is 0 Å². The lowest BCUT2D eigenvalue weighted by Crippen LogP contribution is -2.35. The number of carbonyl (C=O) groups is 1. The van der Waals surface area contributed by atoms with Crippen molar-refractivity contribution in [2.45, 2.75) is 51.9 Å². The predicted octanol–water partition coefficient (Wildman–Crippen LogP) is 4.46. The van der Waals surface area contributed by atoms with Crippen molar-refractivity contribution in [3.63, 3.8) is 0 Å². The average Bonchev–Trinajstić information content (AvgIpc) is 3.16. The molecule has 2 aromatic carbocycles. The van der Waals surface area contributed by atoms with Crippen LogP contribution >= 0.6 is 0 Å². The lowest BCUT2D eigenvalue weighted by Gasteiger charge is -2.25. The molecule has 0 aromatic heterocycles. The summed E-state index contributed by atoms with van der Waals surface area (Å²) in [4.78, 5) is 14.2. The van der Waals surface area contributed by atoms with E-state index < -0.39 is 5.60 Å². The number of amides is 1. The second kappa shape index (κ2) is 7.13. The van der Waals surface area contributed by atoms with Gasteiger partial charge in [0, 0.05) is 24.6 Å². The molecule has 1 unspecified atom stereocenters. The molecule has 0 radical (unpaired) electrons. The van der Waals surface area contributed by atoms with Gasteiger partial charge in [-0.15, -0.1) is 0 Å². The van der Waals surface area contributed by atoms with Gasteiger partial charge in [0.05, 0.1) is 6.61 Å². The summed E-state index contributed by atoms with van der Waals surface area (Å²) in [6.45, 7) is 7.62. The number of rotatable bonds is 2. The molecule has 5 nitrogen and oxygen atoms in total. The Morgan fingerprint density at radius 2 is 2.04 bits per heavy atom. The fourth-order valence-electron chi connectivity index (χ4n) is 3.91. The van der Waals surface area contributed by atoms with Crippen LogP contribution in [-0.2, 0) is 18.0 Å². The second-order valence-corrected chi connectivity index (χ2v) is 8.61. The third kappa shape index (κ3) is 3.72. The molecule has 2 aliphatic heterocycles. The second-order valence-electron chi connectivity index (χ2n) is 8.61. The summed E-state index contributed by atoms with van der Waals surface area (Å²) in [6.07, 6.45) is 0.702. The van der Waals surface area contributed by atoms with Crippen LogP contribution in [0.25, 0.3) is 11.1 Å². The molecule has 4 rings (SSSR count). The Morgan fingerprint density at radius 3 is 2.79 bits per heavy atom. The molecular formula is C23H27NO4. The Morgan fingerprint density at radius 1 is 1.21 bits per heavy atom. The highest BCUT2D eigenvalue weighted by Gasteiger charge is 2.31.